The molecule has 2 unspecified atom stereocenters. The number of nitrogens with zero attached hydrogens (tertiary/aromatic N) is 1. The van der Waals surface area contributed by atoms with E-state index in [1.165, 1.54) is 276 Å². The molecule has 0 amide bonds. The SMILES string of the molecule is CC/C=C\C/C=C\C/C=C\C/C=C\C/C=C\CCCCCCCCCCCCCCCCCCCCCC(=O)OC(COC(=O)CCCCCCCCCCCCCCCCCCCCCCCC/C=C\C/C=C\C/C=C\CCCCCCC)COP(=O)(O)OCC[N+](C)(C)C. The molecule has 0 rings (SSSR count). The largest absolute Gasteiger partial charge is 0.472 e. The molecule has 96 heavy (non-hydrogen) atoms. The van der Waals surface area contributed by atoms with Gasteiger partial charge in [-0.2, -0.15) is 0 Å². The summed E-state index contributed by atoms with van der Waals surface area (Å²) >= 11 is 0. The van der Waals surface area contributed by atoms with Gasteiger partial charge in [0, 0.05) is 12.8 Å². The van der Waals surface area contributed by atoms with Crippen molar-refractivity contribution in [2.24, 2.45) is 0 Å². The van der Waals surface area contributed by atoms with Gasteiger partial charge in [-0.1, -0.05) is 374 Å². The van der Waals surface area contributed by atoms with E-state index in [1.807, 2.05) is 21.1 Å². The summed E-state index contributed by atoms with van der Waals surface area (Å²) < 4.78 is 34.9. The molecule has 0 aliphatic rings. The normalized spacial score (nSPS) is 13.5. The highest BCUT2D eigenvalue weighted by Crippen LogP contribution is 2.43. The number of likely N-dealkylation sites (N-methyl/N-ethyl adjacent to an activating group) is 1. The number of esters is 2. The lowest BCUT2D eigenvalue weighted by Crippen LogP contribution is -2.37. The van der Waals surface area contributed by atoms with Crippen LogP contribution in [0, 0.1) is 0 Å². The number of ether oxygens (including phenoxy) is 2. The third kappa shape index (κ3) is 79.9. The van der Waals surface area contributed by atoms with Gasteiger partial charge in [-0.05, 0) is 96.3 Å². The summed E-state index contributed by atoms with van der Waals surface area (Å²) in [4.78, 5) is 36.0. The van der Waals surface area contributed by atoms with E-state index in [0.29, 0.717) is 23.9 Å². The first-order valence-electron chi connectivity index (χ1n) is 41.0. The van der Waals surface area contributed by atoms with Crippen LogP contribution in [0.2, 0.25) is 0 Å². The number of phosphoric acid groups is 1. The Bertz CT molecular complexity index is 1940. The summed E-state index contributed by atoms with van der Waals surface area (Å²) in [6.07, 6.45) is 107. The monoisotopic (exact) mass is 1360 g/mol. The Balaban J connectivity index is 3.92. The number of carbonyl (C=O) groups excluding carboxylic acids is 2. The van der Waals surface area contributed by atoms with Crippen molar-refractivity contribution >= 4 is 19.8 Å². The first-order valence-corrected chi connectivity index (χ1v) is 42.5. The lowest BCUT2D eigenvalue weighted by Gasteiger charge is -2.24. The zero-order chi connectivity index (χ0) is 69.7. The van der Waals surface area contributed by atoms with Crippen molar-refractivity contribution in [2.45, 2.75) is 392 Å². The Labute approximate surface area is 595 Å². The second kappa shape index (κ2) is 76.1. The number of phosphoric ester groups is 1. The minimum absolute atomic E-state index is 0.0319. The van der Waals surface area contributed by atoms with Crippen molar-refractivity contribution < 1.29 is 42.1 Å². The Morgan fingerprint density at radius 3 is 0.885 bits per heavy atom. The number of rotatable bonds is 76. The molecule has 0 heterocycles. The Morgan fingerprint density at radius 2 is 0.594 bits per heavy atom. The fraction of sp³-hybridized carbons (Fsp3) is 0.791. The van der Waals surface area contributed by atoms with Crippen LogP contribution in [0.4, 0.5) is 0 Å². The summed E-state index contributed by atoms with van der Waals surface area (Å²) in [5.41, 5.74) is 0. The van der Waals surface area contributed by atoms with Crippen LogP contribution in [0.25, 0.3) is 0 Å². The summed E-state index contributed by atoms with van der Waals surface area (Å²) in [5, 5.41) is 0. The van der Waals surface area contributed by atoms with E-state index in [0.717, 1.165) is 77.0 Å². The van der Waals surface area contributed by atoms with E-state index in [9.17, 15) is 19.0 Å². The predicted octanol–water partition coefficient (Wildman–Crippen LogP) is 27.4. The van der Waals surface area contributed by atoms with E-state index in [2.05, 4.69) is 111 Å². The summed E-state index contributed by atoms with van der Waals surface area (Å²) in [5.74, 6) is -0.779. The van der Waals surface area contributed by atoms with E-state index in [1.54, 1.807) is 0 Å². The van der Waals surface area contributed by atoms with Gasteiger partial charge in [-0.15, -0.1) is 0 Å². The Hall–Kier alpha value is -3.07. The molecule has 558 valence electrons. The quantitative estimate of drug-likeness (QED) is 0.0211. The second-order valence-electron chi connectivity index (χ2n) is 28.8. The molecular formula is C86H157NO8P+. The first-order chi connectivity index (χ1) is 47.0. The lowest BCUT2D eigenvalue weighted by molar-refractivity contribution is -0.870. The van der Waals surface area contributed by atoms with Gasteiger partial charge in [-0.25, -0.2) is 4.57 Å². The molecule has 0 radical (unpaired) electrons. The third-order valence-electron chi connectivity index (χ3n) is 18.1. The molecule has 0 aliphatic carbocycles. The topological polar surface area (TPSA) is 108 Å². The summed E-state index contributed by atoms with van der Waals surface area (Å²) in [6, 6.07) is 0. The smallest absolute Gasteiger partial charge is 0.462 e. The standard InChI is InChI=1S/C86H156NO8P/c1-6-8-10-12-14-16-18-20-22-24-26-28-30-32-34-36-38-40-42-43-45-46-48-50-52-54-56-58-60-62-64-66-68-70-72-74-76-78-85(88)92-82-84(83-94-96(90,91)93-81-80-87(3,4)5)95-86(89)79-77-75-73-71-69-67-65-63-61-59-57-55-53-51-49-47-44-41-39-37-35-33-31-29-27-25-23-21-19-17-15-13-11-9-7-2/h9,11,15,17-18,20-21,23-24,26-27,29-30,32-33,35,84H,6-8,10,12-14,16,19,22,25,28,31,34,36-83H2,1-5H3/p+1/b11-9-,17-15-,20-18-,23-21-,26-24-,29-27-,32-30-,35-33-. The average Bonchev–Trinajstić information content (AvgIpc) is 2.74. The highest BCUT2D eigenvalue weighted by atomic mass is 31.2. The van der Waals surface area contributed by atoms with Crippen LogP contribution in [0.15, 0.2) is 97.2 Å². The van der Waals surface area contributed by atoms with Gasteiger partial charge < -0.3 is 18.9 Å². The first kappa shape index (κ1) is 92.9. The molecule has 9 nitrogen and oxygen atoms in total. The molecule has 2 atom stereocenters. The maximum absolute atomic E-state index is 12.9. The lowest BCUT2D eigenvalue weighted by atomic mass is 10.0. The van der Waals surface area contributed by atoms with E-state index in [-0.39, 0.29) is 25.6 Å². The highest BCUT2D eigenvalue weighted by molar-refractivity contribution is 7.47. The molecule has 0 aromatic heterocycles. The van der Waals surface area contributed by atoms with Crippen LogP contribution >= 0.6 is 7.82 Å². The maximum atomic E-state index is 12.9. The van der Waals surface area contributed by atoms with Gasteiger partial charge in [0.1, 0.15) is 19.8 Å². The number of quaternary nitrogens is 1. The Morgan fingerprint density at radius 1 is 0.333 bits per heavy atom. The zero-order valence-electron chi connectivity index (χ0n) is 63.9. The van der Waals surface area contributed by atoms with Gasteiger partial charge >= 0.3 is 19.8 Å². The maximum Gasteiger partial charge on any atom is 0.472 e. The zero-order valence-corrected chi connectivity index (χ0v) is 64.7. The minimum Gasteiger partial charge on any atom is -0.462 e. The van der Waals surface area contributed by atoms with Crippen LogP contribution in [0.5, 0.6) is 0 Å². The minimum atomic E-state index is -4.40. The fourth-order valence-corrected chi connectivity index (χ4v) is 12.6. The average molecular weight is 1360 g/mol. The molecule has 0 aromatic carbocycles. The molecule has 0 saturated heterocycles. The summed E-state index contributed by atoms with van der Waals surface area (Å²) in [7, 11) is 1.49. The van der Waals surface area contributed by atoms with Crippen molar-refractivity contribution in [3.05, 3.63) is 97.2 Å². The molecule has 1 N–H and O–H groups in total. The highest BCUT2D eigenvalue weighted by Gasteiger charge is 2.27. The van der Waals surface area contributed by atoms with Crippen LogP contribution < -0.4 is 0 Å². The second-order valence-corrected chi connectivity index (χ2v) is 30.2. The number of unbranched alkanes of at least 4 members (excludes halogenated alkanes) is 46. The molecular weight excluding hydrogens is 1210 g/mol. The Kier molecular flexibility index (Phi) is 73.7. The van der Waals surface area contributed by atoms with Crippen molar-refractivity contribution in [3.8, 4) is 0 Å². The third-order valence-corrected chi connectivity index (χ3v) is 19.1. The van der Waals surface area contributed by atoms with Crippen molar-refractivity contribution in [2.75, 3.05) is 47.5 Å². The van der Waals surface area contributed by atoms with Gasteiger partial charge in [-0.3, -0.25) is 18.6 Å². The molecule has 0 aromatic rings. The van der Waals surface area contributed by atoms with E-state index >= 15 is 0 Å². The van der Waals surface area contributed by atoms with Crippen molar-refractivity contribution in [1.29, 1.82) is 0 Å². The number of allylic oxidation sites excluding steroid dienone is 16. The van der Waals surface area contributed by atoms with Crippen molar-refractivity contribution in [3.63, 3.8) is 0 Å². The van der Waals surface area contributed by atoms with Crippen LogP contribution in [-0.2, 0) is 32.7 Å². The predicted molar refractivity (Wildman–Crippen MR) is 418 cm³/mol. The van der Waals surface area contributed by atoms with Gasteiger partial charge in [0.05, 0.1) is 27.7 Å². The van der Waals surface area contributed by atoms with E-state index < -0.39 is 26.5 Å². The van der Waals surface area contributed by atoms with Crippen LogP contribution in [0.3, 0.4) is 0 Å². The van der Waals surface area contributed by atoms with Gasteiger partial charge in [0.2, 0.25) is 0 Å². The molecule has 0 saturated carbocycles. The van der Waals surface area contributed by atoms with E-state index in [4.69, 9.17) is 18.5 Å². The van der Waals surface area contributed by atoms with Crippen LogP contribution in [-0.4, -0.2) is 74.9 Å². The number of hydrogen-bond acceptors (Lipinski definition) is 7. The summed E-state index contributed by atoms with van der Waals surface area (Å²) in [6.45, 7) is 4.36. The number of hydrogen-bond donors (Lipinski definition) is 1. The molecule has 0 fully saturated rings. The number of carbonyl (C=O) groups is 2. The van der Waals surface area contributed by atoms with Gasteiger partial charge in [0.15, 0.2) is 6.10 Å². The fourth-order valence-electron chi connectivity index (χ4n) is 11.9. The molecule has 0 bridgehead atoms. The molecule has 0 aliphatic heterocycles. The van der Waals surface area contributed by atoms with Gasteiger partial charge in [0.25, 0.3) is 0 Å². The molecule has 10 heteroatoms. The van der Waals surface area contributed by atoms with Crippen molar-refractivity contribution in [1.82, 2.24) is 0 Å². The van der Waals surface area contributed by atoms with Crippen LogP contribution in [0.1, 0.15) is 386 Å². The molecule has 0 spiro atoms.